The Bertz CT molecular complexity index is 792. The summed E-state index contributed by atoms with van der Waals surface area (Å²) in [6, 6.07) is 10.2. The fourth-order valence-electron chi connectivity index (χ4n) is 2.00. The molecule has 1 aromatic heterocycles. The molecule has 0 radical (unpaired) electrons. The summed E-state index contributed by atoms with van der Waals surface area (Å²) >= 11 is 0. The molecule has 0 fully saturated rings. The first kappa shape index (κ1) is 17.7. The molecule has 24 heavy (non-hydrogen) atoms. The van der Waals surface area contributed by atoms with E-state index in [-0.39, 0.29) is 10.9 Å². The van der Waals surface area contributed by atoms with Crippen LogP contribution in [-0.4, -0.2) is 25.5 Å². The summed E-state index contributed by atoms with van der Waals surface area (Å²) in [7, 11) is -4.03. The maximum Gasteiger partial charge on any atom is 0.328 e. The zero-order valence-electron chi connectivity index (χ0n) is 13.5. The van der Waals surface area contributed by atoms with Crippen LogP contribution >= 0.6 is 0 Å². The average molecular weight is 348 g/mol. The summed E-state index contributed by atoms with van der Waals surface area (Å²) in [5.41, 5.74) is 1.38. The van der Waals surface area contributed by atoms with Crippen molar-refractivity contribution in [1.29, 1.82) is 0 Å². The lowest BCUT2D eigenvalue weighted by Gasteiger charge is -2.14. The third-order valence-electron chi connectivity index (χ3n) is 3.05. The molecule has 0 aliphatic carbocycles. The van der Waals surface area contributed by atoms with Gasteiger partial charge in [0.25, 0.3) is 10.0 Å². The van der Waals surface area contributed by atoms with Crippen molar-refractivity contribution in [2.75, 3.05) is 5.32 Å². The molecule has 0 atom stereocenters. The molecule has 2 aromatic rings. The molecular weight excluding hydrogens is 328 g/mol. The number of rotatable bonds is 6. The first-order chi connectivity index (χ1) is 11.4. The molecule has 1 aromatic carbocycles. The number of anilines is 1. The molecule has 0 aliphatic heterocycles. The number of aromatic nitrogens is 1. The number of carbonyl (C=O) groups is 1. The van der Waals surface area contributed by atoms with E-state index in [0.717, 1.165) is 5.56 Å². The van der Waals surface area contributed by atoms with Crippen LogP contribution in [0.5, 0.6) is 0 Å². The Hall–Kier alpha value is -2.61. The van der Waals surface area contributed by atoms with Crippen LogP contribution in [0.15, 0.2) is 53.7 Å². The Balaban J connectivity index is 2.16. The lowest BCUT2D eigenvalue weighted by molar-refractivity contribution is 0.243. The number of amides is 2. The van der Waals surface area contributed by atoms with Crippen molar-refractivity contribution in [2.45, 2.75) is 31.3 Å². The molecule has 0 saturated heterocycles. The minimum Gasteiger partial charge on any atom is -0.380 e. The van der Waals surface area contributed by atoms with Crippen molar-refractivity contribution >= 4 is 21.7 Å². The van der Waals surface area contributed by atoms with Crippen LogP contribution in [0, 0.1) is 0 Å². The van der Waals surface area contributed by atoms with Gasteiger partial charge in [0.05, 0.1) is 5.69 Å². The maximum atomic E-state index is 12.4. The molecular formula is C16H20N4O3S. The van der Waals surface area contributed by atoms with E-state index in [1.54, 1.807) is 19.9 Å². The van der Waals surface area contributed by atoms with Gasteiger partial charge >= 0.3 is 6.03 Å². The lowest BCUT2D eigenvalue weighted by Crippen LogP contribution is -2.42. The van der Waals surface area contributed by atoms with Crippen LogP contribution in [-0.2, 0) is 16.6 Å². The molecule has 8 heteroatoms. The van der Waals surface area contributed by atoms with Gasteiger partial charge in [0.15, 0.2) is 0 Å². The molecule has 2 amide bonds. The molecule has 1 heterocycles. The van der Waals surface area contributed by atoms with Gasteiger partial charge in [0.2, 0.25) is 0 Å². The quantitative estimate of drug-likeness (QED) is 0.742. The van der Waals surface area contributed by atoms with Gasteiger partial charge in [-0.3, -0.25) is 4.98 Å². The van der Waals surface area contributed by atoms with Crippen LogP contribution < -0.4 is 15.4 Å². The highest BCUT2D eigenvalue weighted by molar-refractivity contribution is 7.90. The van der Waals surface area contributed by atoms with Gasteiger partial charge < -0.3 is 10.6 Å². The number of hydrogen-bond donors (Lipinski definition) is 3. The third kappa shape index (κ3) is 4.95. The number of nitrogens with one attached hydrogen (secondary N) is 3. The van der Waals surface area contributed by atoms with E-state index in [9.17, 15) is 13.2 Å². The third-order valence-corrected chi connectivity index (χ3v) is 4.41. The Morgan fingerprint density at radius 2 is 1.88 bits per heavy atom. The predicted octanol–water partition coefficient (Wildman–Crippen LogP) is 2.09. The summed E-state index contributed by atoms with van der Waals surface area (Å²) in [6.45, 7) is 3.93. The van der Waals surface area contributed by atoms with Gasteiger partial charge in [-0.2, -0.15) is 0 Å². The zero-order chi connectivity index (χ0) is 17.6. The van der Waals surface area contributed by atoms with Gasteiger partial charge in [-0.1, -0.05) is 30.3 Å². The smallest absolute Gasteiger partial charge is 0.328 e. The molecule has 0 bridgehead atoms. The first-order valence-electron chi connectivity index (χ1n) is 7.43. The van der Waals surface area contributed by atoms with E-state index in [0.29, 0.717) is 12.2 Å². The highest BCUT2D eigenvalue weighted by Gasteiger charge is 2.21. The Labute approximate surface area is 141 Å². The minimum absolute atomic E-state index is 0.0835. The van der Waals surface area contributed by atoms with E-state index >= 15 is 0 Å². The van der Waals surface area contributed by atoms with Crippen LogP contribution in [0.1, 0.15) is 19.4 Å². The maximum absolute atomic E-state index is 12.4. The Kier molecular flexibility index (Phi) is 5.75. The molecule has 0 spiro atoms. The van der Waals surface area contributed by atoms with E-state index < -0.39 is 16.1 Å². The summed E-state index contributed by atoms with van der Waals surface area (Å²) in [5.74, 6) is 0. The van der Waals surface area contributed by atoms with Gasteiger partial charge in [0, 0.05) is 25.0 Å². The van der Waals surface area contributed by atoms with Crippen LogP contribution in [0.3, 0.4) is 0 Å². The highest BCUT2D eigenvalue weighted by Crippen LogP contribution is 2.20. The predicted molar refractivity (Wildman–Crippen MR) is 92.0 cm³/mol. The van der Waals surface area contributed by atoms with Gasteiger partial charge in [-0.15, -0.1) is 0 Å². The van der Waals surface area contributed by atoms with E-state index in [4.69, 9.17) is 0 Å². The molecule has 0 unspecified atom stereocenters. The lowest BCUT2D eigenvalue weighted by atomic mass is 10.2. The monoisotopic (exact) mass is 348 g/mol. The zero-order valence-corrected chi connectivity index (χ0v) is 14.3. The van der Waals surface area contributed by atoms with E-state index in [1.807, 2.05) is 35.1 Å². The molecule has 3 N–H and O–H groups in total. The van der Waals surface area contributed by atoms with Crippen LogP contribution in [0.25, 0.3) is 0 Å². The number of sulfonamides is 1. The number of carbonyl (C=O) groups excluding carboxylic acids is 1. The summed E-state index contributed by atoms with van der Waals surface area (Å²) in [4.78, 5) is 15.5. The second-order valence-corrected chi connectivity index (χ2v) is 7.10. The fourth-order valence-corrected chi connectivity index (χ4v) is 3.04. The summed E-state index contributed by atoms with van der Waals surface area (Å²) < 4.78 is 26.8. The minimum atomic E-state index is -4.03. The van der Waals surface area contributed by atoms with Crippen molar-refractivity contribution in [3.8, 4) is 0 Å². The molecule has 7 nitrogen and oxygen atoms in total. The number of hydrogen-bond acceptors (Lipinski definition) is 5. The van der Waals surface area contributed by atoms with E-state index in [1.165, 1.54) is 12.4 Å². The van der Waals surface area contributed by atoms with Crippen molar-refractivity contribution in [3.63, 3.8) is 0 Å². The topological polar surface area (TPSA) is 100 Å². The largest absolute Gasteiger partial charge is 0.380 e. The second-order valence-electron chi connectivity index (χ2n) is 5.44. The second kappa shape index (κ2) is 7.78. The normalized spacial score (nSPS) is 11.1. The van der Waals surface area contributed by atoms with Gasteiger partial charge in [0.1, 0.15) is 4.90 Å². The standard InChI is InChI=1S/C16H20N4O3S/c1-12(2)19-16(21)20-24(22,23)15-11-17-9-8-14(15)18-10-13-6-4-3-5-7-13/h3-9,11-12H,10H2,1-2H3,(H,17,18)(H2,19,20,21). The Morgan fingerprint density at radius 3 is 2.54 bits per heavy atom. The van der Waals surface area contributed by atoms with Crippen molar-refractivity contribution in [3.05, 3.63) is 54.4 Å². The summed E-state index contributed by atoms with van der Waals surface area (Å²) in [6.07, 6.45) is 2.69. The van der Waals surface area contributed by atoms with Gasteiger partial charge in [-0.25, -0.2) is 17.9 Å². The molecule has 128 valence electrons. The molecule has 2 rings (SSSR count). The average Bonchev–Trinajstić information content (AvgIpc) is 2.53. The Morgan fingerprint density at radius 1 is 1.17 bits per heavy atom. The molecule has 0 saturated carbocycles. The number of urea groups is 1. The van der Waals surface area contributed by atoms with Crippen molar-refractivity contribution in [1.82, 2.24) is 15.0 Å². The van der Waals surface area contributed by atoms with E-state index in [2.05, 4.69) is 15.6 Å². The van der Waals surface area contributed by atoms with Crippen molar-refractivity contribution < 1.29 is 13.2 Å². The number of nitrogens with zero attached hydrogens (tertiary/aromatic N) is 1. The van der Waals surface area contributed by atoms with Crippen LogP contribution in [0.2, 0.25) is 0 Å². The van der Waals surface area contributed by atoms with Crippen LogP contribution in [0.4, 0.5) is 10.5 Å². The van der Waals surface area contributed by atoms with Gasteiger partial charge in [-0.05, 0) is 25.5 Å². The van der Waals surface area contributed by atoms with Crippen molar-refractivity contribution in [2.24, 2.45) is 0 Å². The highest BCUT2D eigenvalue weighted by atomic mass is 32.2. The summed E-state index contributed by atoms with van der Waals surface area (Å²) in [5, 5.41) is 5.53. The first-order valence-corrected chi connectivity index (χ1v) is 8.92. The number of benzene rings is 1. The number of pyridine rings is 1. The fraction of sp³-hybridized carbons (Fsp3) is 0.250. The SMILES string of the molecule is CC(C)NC(=O)NS(=O)(=O)c1cnccc1NCc1ccccc1. The molecule has 0 aliphatic rings.